The van der Waals surface area contributed by atoms with Crippen LogP contribution in [0.3, 0.4) is 0 Å². The fourth-order valence-corrected chi connectivity index (χ4v) is 3.16. The zero-order chi connectivity index (χ0) is 13.4. The van der Waals surface area contributed by atoms with E-state index in [-0.39, 0.29) is 6.10 Å². The molecule has 0 amide bonds. The Morgan fingerprint density at radius 3 is 2.95 bits per heavy atom. The first kappa shape index (κ1) is 12.3. The number of benzene rings is 1. The minimum Gasteiger partial charge on any atom is -0.373 e. The Bertz CT molecular complexity index is 603. The summed E-state index contributed by atoms with van der Waals surface area (Å²) in [5.74, 6) is 0.585. The highest BCUT2D eigenvalue weighted by Gasteiger charge is 2.32. The number of pyridine rings is 1. The molecule has 1 N–H and O–H groups in total. The second kappa shape index (κ2) is 5.15. The van der Waals surface area contributed by atoms with Crippen molar-refractivity contribution in [2.75, 3.05) is 13.2 Å². The number of hydrogen-bond donors (Lipinski definition) is 1. The number of rotatable bonds is 4. The number of para-hydroxylation sites is 1. The monoisotopic (exact) mass is 268 g/mol. The zero-order valence-electron chi connectivity index (χ0n) is 11.6. The number of ether oxygens (including phenoxy) is 1. The van der Waals surface area contributed by atoms with Crippen LogP contribution in [0.15, 0.2) is 36.5 Å². The Kier molecular flexibility index (Phi) is 3.17. The first-order chi connectivity index (χ1) is 9.92. The van der Waals surface area contributed by atoms with Gasteiger partial charge in [0.1, 0.15) is 0 Å². The van der Waals surface area contributed by atoms with Crippen LogP contribution in [0.2, 0.25) is 0 Å². The molecule has 2 fully saturated rings. The molecule has 1 saturated heterocycles. The van der Waals surface area contributed by atoms with Crippen molar-refractivity contribution < 1.29 is 4.74 Å². The summed E-state index contributed by atoms with van der Waals surface area (Å²) in [6, 6.07) is 11.3. The summed E-state index contributed by atoms with van der Waals surface area (Å²) in [5, 5.41) is 4.89. The van der Waals surface area contributed by atoms with Crippen molar-refractivity contribution in [3.63, 3.8) is 0 Å². The lowest BCUT2D eigenvalue weighted by molar-refractivity contribution is 0.0915. The van der Waals surface area contributed by atoms with E-state index in [0.29, 0.717) is 5.92 Å². The summed E-state index contributed by atoms with van der Waals surface area (Å²) in [4.78, 5) is 4.45. The van der Waals surface area contributed by atoms with Gasteiger partial charge in [-0.05, 0) is 37.0 Å². The molecule has 1 aromatic heterocycles. The molecular weight excluding hydrogens is 248 g/mol. The molecule has 1 aromatic carbocycles. The molecule has 2 unspecified atom stereocenters. The summed E-state index contributed by atoms with van der Waals surface area (Å²) in [7, 11) is 0. The maximum absolute atomic E-state index is 6.04. The molecule has 1 aliphatic heterocycles. The van der Waals surface area contributed by atoms with Crippen LogP contribution in [-0.2, 0) is 4.74 Å². The van der Waals surface area contributed by atoms with Gasteiger partial charge in [0.05, 0.1) is 11.6 Å². The number of hydrogen-bond acceptors (Lipinski definition) is 3. The smallest absolute Gasteiger partial charge is 0.0873 e. The normalized spacial score (nSPS) is 26.2. The van der Waals surface area contributed by atoms with Crippen molar-refractivity contribution in [3.05, 3.63) is 42.1 Å². The summed E-state index contributed by atoms with van der Waals surface area (Å²) >= 11 is 0. The summed E-state index contributed by atoms with van der Waals surface area (Å²) in [6.45, 7) is 1.95. The van der Waals surface area contributed by atoms with E-state index in [9.17, 15) is 0 Å². The Morgan fingerprint density at radius 1 is 1.15 bits per heavy atom. The largest absolute Gasteiger partial charge is 0.373 e. The van der Waals surface area contributed by atoms with Crippen molar-refractivity contribution in [2.24, 2.45) is 5.92 Å². The van der Waals surface area contributed by atoms with Crippen LogP contribution >= 0.6 is 0 Å². The third-order valence-electron chi connectivity index (χ3n) is 4.45. The van der Waals surface area contributed by atoms with Gasteiger partial charge in [-0.1, -0.05) is 18.2 Å². The highest BCUT2D eigenvalue weighted by Crippen LogP contribution is 2.37. The van der Waals surface area contributed by atoms with Gasteiger partial charge in [-0.3, -0.25) is 4.98 Å². The molecule has 3 heteroatoms. The average Bonchev–Trinajstić information content (AvgIpc) is 3.21. The molecule has 3 nitrogen and oxygen atoms in total. The fraction of sp³-hybridized carbons (Fsp3) is 0.471. The van der Waals surface area contributed by atoms with Crippen LogP contribution in [0.4, 0.5) is 0 Å². The molecule has 0 radical (unpaired) electrons. The van der Waals surface area contributed by atoms with Gasteiger partial charge in [0.25, 0.3) is 0 Å². The van der Waals surface area contributed by atoms with E-state index in [1.165, 1.54) is 23.8 Å². The average molecular weight is 268 g/mol. The molecule has 1 aliphatic carbocycles. The molecule has 104 valence electrons. The Balaban J connectivity index is 1.63. The number of aromatic nitrogens is 1. The van der Waals surface area contributed by atoms with Gasteiger partial charge < -0.3 is 10.1 Å². The number of nitrogens with zero attached hydrogens (tertiary/aromatic N) is 1. The molecule has 2 aliphatic rings. The quantitative estimate of drug-likeness (QED) is 0.925. The van der Waals surface area contributed by atoms with Crippen molar-refractivity contribution in [1.82, 2.24) is 10.3 Å². The van der Waals surface area contributed by atoms with Crippen molar-refractivity contribution in [1.29, 1.82) is 0 Å². The molecule has 4 rings (SSSR count). The van der Waals surface area contributed by atoms with Crippen molar-refractivity contribution in [3.8, 4) is 0 Å². The standard InChI is InChI=1S/C17H20N2O/c1-2-4-16-14(3-1)15(7-9-18-16)17-12(8-10-20-17)11-19-13-5-6-13/h1-4,7,9,12-13,17,19H,5-6,8,10-11H2. The number of fused-ring (bicyclic) bond motifs is 1. The third kappa shape index (κ3) is 2.32. The van der Waals surface area contributed by atoms with Gasteiger partial charge >= 0.3 is 0 Å². The molecule has 0 bridgehead atoms. The molecule has 0 spiro atoms. The van der Waals surface area contributed by atoms with E-state index >= 15 is 0 Å². The SMILES string of the molecule is c1ccc2c(C3OCCC3CNC3CC3)ccnc2c1. The van der Waals surface area contributed by atoms with Crippen molar-refractivity contribution in [2.45, 2.75) is 31.4 Å². The van der Waals surface area contributed by atoms with Gasteiger partial charge in [-0.15, -0.1) is 0 Å². The van der Waals surface area contributed by atoms with Crippen LogP contribution in [0.5, 0.6) is 0 Å². The third-order valence-corrected chi connectivity index (χ3v) is 4.45. The highest BCUT2D eigenvalue weighted by atomic mass is 16.5. The van der Waals surface area contributed by atoms with Crippen molar-refractivity contribution >= 4 is 10.9 Å². The van der Waals surface area contributed by atoms with Crippen LogP contribution in [0, 0.1) is 5.92 Å². The zero-order valence-corrected chi connectivity index (χ0v) is 11.6. The lowest BCUT2D eigenvalue weighted by Gasteiger charge is -2.20. The predicted octanol–water partition coefficient (Wildman–Crippen LogP) is 3.06. The first-order valence-electron chi connectivity index (χ1n) is 7.60. The van der Waals surface area contributed by atoms with E-state index < -0.39 is 0 Å². The molecule has 2 aromatic rings. The van der Waals surface area contributed by atoms with Crippen LogP contribution in [0.25, 0.3) is 10.9 Å². The van der Waals surface area contributed by atoms with Gasteiger partial charge in [-0.2, -0.15) is 0 Å². The van der Waals surface area contributed by atoms with E-state index in [1.807, 2.05) is 12.3 Å². The Labute approximate surface area is 119 Å². The first-order valence-corrected chi connectivity index (χ1v) is 7.60. The Morgan fingerprint density at radius 2 is 2.05 bits per heavy atom. The lowest BCUT2D eigenvalue weighted by atomic mass is 9.93. The number of nitrogens with one attached hydrogen (secondary N) is 1. The van der Waals surface area contributed by atoms with E-state index in [0.717, 1.165) is 31.1 Å². The summed E-state index contributed by atoms with van der Waals surface area (Å²) in [6.07, 6.45) is 5.97. The topological polar surface area (TPSA) is 34.1 Å². The minimum atomic E-state index is 0.217. The summed E-state index contributed by atoms with van der Waals surface area (Å²) in [5.41, 5.74) is 2.37. The van der Waals surface area contributed by atoms with Gasteiger partial charge in [0.2, 0.25) is 0 Å². The second-order valence-electron chi connectivity index (χ2n) is 5.94. The van der Waals surface area contributed by atoms with Gasteiger partial charge in [0.15, 0.2) is 0 Å². The molecule has 2 heterocycles. The van der Waals surface area contributed by atoms with Crippen LogP contribution in [-0.4, -0.2) is 24.2 Å². The molecule has 2 atom stereocenters. The van der Waals surface area contributed by atoms with Gasteiger partial charge in [-0.25, -0.2) is 0 Å². The molecule has 1 saturated carbocycles. The molecule has 20 heavy (non-hydrogen) atoms. The molecular formula is C17H20N2O. The minimum absolute atomic E-state index is 0.217. The fourth-order valence-electron chi connectivity index (χ4n) is 3.16. The van der Waals surface area contributed by atoms with Gasteiger partial charge in [0, 0.05) is 36.7 Å². The lowest BCUT2D eigenvalue weighted by Crippen LogP contribution is -2.26. The van der Waals surface area contributed by atoms with E-state index in [1.54, 1.807) is 0 Å². The van der Waals surface area contributed by atoms with E-state index in [2.05, 4.69) is 34.6 Å². The maximum Gasteiger partial charge on any atom is 0.0873 e. The predicted molar refractivity (Wildman–Crippen MR) is 79.6 cm³/mol. The maximum atomic E-state index is 6.04. The summed E-state index contributed by atoms with van der Waals surface area (Å²) < 4.78 is 6.04. The second-order valence-corrected chi connectivity index (χ2v) is 5.94. The highest BCUT2D eigenvalue weighted by molar-refractivity contribution is 5.82. The van der Waals surface area contributed by atoms with Crippen LogP contribution in [0.1, 0.15) is 30.9 Å². The van der Waals surface area contributed by atoms with E-state index in [4.69, 9.17) is 4.74 Å². The van der Waals surface area contributed by atoms with Crippen LogP contribution < -0.4 is 5.32 Å². The Hall–Kier alpha value is -1.45.